The zero-order chi connectivity index (χ0) is 21.3. The summed E-state index contributed by atoms with van der Waals surface area (Å²) in [6.07, 6.45) is 3.98. The van der Waals surface area contributed by atoms with Crippen LogP contribution in [0, 0.1) is 19.8 Å². The summed E-state index contributed by atoms with van der Waals surface area (Å²) in [4.78, 5) is 16.8. The van der Waals surface area contributed by atoms with E-state index in [1.54, 1.807) is 12.1 Å². The minimum absolute atomic E-state index is 0.253. The second kappa shape index (κ2) is 8.60. The van der Waals surface area contributed by atoms with Crippen LogP contribution in [0.5, 0.6) is 0 Å². The van der Waals surface area contributed by atoms with E-state index < -0.39 is 5.97 Å². The van der Waals surface area contributed by atoms with Crippen molar-refractivity contribution < 1.29 is 14.3 Å². The first-order valence-corrected chi connectivity index (χ1v) is 10.7. The summed E-state index contributed by atoms with van der Waals surface area (Å²) in [5, 5.41) is 10.5. The topological polar surface area (TPSA) is 56.3 Å². The molecule has 1 aliphatic heterocycles. The Kier molecular flexibility index (Phi) is 5.91. The highest BCUT2D eigenvalue weighted by Gasteiger charge is 2.31. The van der Waals surface area contributed by atoms with E-state index in [1.165, 1.54) is 27.6 Å². The third-order valence-electron chi connectivity index (χ3n) is 6.67. The number of carboxylic acids is 1. The lowest BCUT2D eigenvalue weighted by molar-refractivity contribution is 0.0697. The number of fused-ring (bicyclic) bond motifs is 1. The number of halogens is 1. The molecule has 0 aliphatic carbocycles. The third-order valence-corrected chi connectivity index (χ3v) is 6.67. The molecule has 1 aliphatic rings. The van der Waals surface area contributed by atoms with Gasteiger partial charge in [0.2, 0.25) is 0 Å². The number of likely N-dealkylation sites (tertiary alicyclic amines) is 1. The summed E-state index contributed by atoms with van der Waals surface area (Å²) in [6, 6.07) is 11.7. The van der Waals surface area contributed by atoms with E-state index in [9.17, 15) is 14.3 Å². The van der Waals surface area contributed by atoms with Crippen molar-refractivity contribution in [3.05, 3.63) is 70.4 Å². The van der Waals surface area contributed by atoms with Crippen molar-refractivity contribution in [1.82, 2.24) is 9.88 Å². The van der Waals surface area contributed by atoms with Crippen molar-refractivity contribution in [2.75, 3.05) is 26.3 Å². The standard InChI is InChI=1S/C25H29FN2O2/c1-16-13-17(2)24-21(7-10-27-24)22(16)14-20-8-11-28(12-9-26)15-23(20)18-3-5-19(6-4-18)25(29)30/h3-7,10,13,20,23,27H,8-9,11-12,14-15H2,1-2H3,(H,29,30)/t20-,23-/m0/s1. The minimum Gasteiger partial charge on any atom is -0.478 e. The highest BCUT2D eigenvalue weighted by Crippen LogP contribution is 2.37. The van der Waals surface area contributed by atoms with Crippen molar-refractivity contribution in [2.24, 2.45) is 5.92 Å². The average molecular weight is 409 g/mol. The lowest BCUT2D eigenvalue weighted by Gasteiger charge is -2.39. The molecule has 2 N–H and O–H groups in total. The highest BCUT2D eigenvalue weighted by molar-refractivity contribution is 5.88. The quantitative estimate of drug-likeness (QED) is 0.597. The summed E-state index contributed by atoms with van der Waals surface area (Å²) < 4.78 is 13.0. The Labute approximate surface area is 176 Å². The van der Waals surface area contributed by atoms with Crippen molar-refractivity contribution in [1.29, 1.82) is 0 Å². The van der Waals surface area contributed by atoms with Crippen LogP contribution in [0.2, 0.25) is 0 Å². The Bertz CT molecular complexity index is 1040. The van der Waals surface area contributed by atoms with Gasteiger partial charge in [-0.15, -0.1) is 0 Å². The maximum atomic E-state index is 13.0. The molecule has 0 bridgehead atoms. The molecule has 3 aromatic rings. The van der Waals surface area contributed by atoms with Gasteiger partial charge >= 0.3 is 5.97 Å². The number of aromatic amines is 1. The highest BCUT2D eigenvalue weighted by atomic mass is 19.1. The predicted octanol–water partition coefficient (Wildman–Crippen LogP) is 5.10. The van der Waals surface area contributed by atoms with Gasteiger partial charge in [-0.3, -0.25) is 0 Å². The molecule has 1 saturated heterocycles. The number of aromatic carboxylic acids is 1. The molecule has 0 unspecified atom stereocenters. The fraction of sp³-hybridized carbons (Fsp3) is 0.400. The van der Waals surface area contributed by atoms with E-state index in [0.29, 0.717) is 18.0 Å². The first kappa shape index (κ1) is 20.6. The van der Waals surface area contributed by atoms with Gasteiger partial charge in [0, 0.05) is 30.2 Å². The number of rotatable bonds is 6. The molecular formula is C25H29FN2O2. The fourth-order valence-corrected chi connectivity index (χ4v) is 5.06. The monoisotopic (exact) mass is 408 g/mol. The Hall–Kier alpha value is -2.66. The summed E-state index contributed by atoms with van der Waals surface area (Å²) in [5.41, 5.74) is 6.60. The van der Waals surface area contributed by atoms with Crippen LogP contribution in [0.1, 0.15) is 45.0 Å². The molecule has 2 atom stereocenters. The van der Waals surface area contributed by atoms with Crippen molar-refractivity contribution in [2.45, 2.75) is 32.6 Å². The van der Waals surface area contributed by atoms with Crippen LogP contribution in [0.15, 0.2) is 42.6 Å². The number of hydrogen-bond acceptors (Lipinski definition) is 2. The molecule has 0 saturated carbocycles. The summed E-state index contributed by atoms with van der Waals surface area (Å²) in [6.45, 7) is 6.15. The van der Waals surface area contributed by atoms with Gasteiger partial charge in [0.05, 0.1) is 5.56 Å². The van der Waals surface area contributed by atoms with E-state index in [0.717, 1.165) is 31.5 Å². The number of nitrogens with zero attached hydrogens (tertiary/aromatic N) is 1. The maximum Gasteiger partial charge on any atom is 0.335 e. The summed E-state index contributed by atoms with van der Waals surface area (Å²) in [7, 11) is 0. The number of alkyl halides is 1. The Morgan fingerprint density at radius 3 is 2.67 bits per heavy atom. The van der Waals surface area contributed by atoms with Crippen LogP contribution >= 0.6 is 0 Å². The molecule has 30 heavy (non-hydrogen) atoms. The van der Waals surface area contributed by atoms with Crippen molar-refractivity contribution in [3.63, 3.8) is 0 Å². The Balaban J connectivity index is 1.67. The number of benzene rings is 2. The van der Waals surface area contributed by atoms with Gasteiger partial charge in [0.25, 0.3) is 0 Å². The SMILES string of the molecule is Cc1cc(C)c2[nH]ccc2c1C[C@@H]1CCN(CCF)C[C@H]1c1ccc(C(=O)O)cc1. The minimum atomic E-state index is -0.911. The predicted molar refractivity (Wildman–Crippen MR) is 118 cm³/mol. The van der Waals surface area contributed by atoms with Gasteiger partial charge in [-0.25, -0.2) is 9.18 Å². The number of aryl methyl sites for hydroxylation is 2. The van der Waals surface area contributed by atoms with E-state index in [4.69, 9.17) is 0 Å². The van der Waals surface area contributed by atoms with Gasteiger partial charge in [0.1, 0.15) is 6.67 Å². The number of hydrogen-bond donors (Lipinski definition) is 2. The zero-order valence-electron chi connectivity index (χ0n) is 17.6. The third kappa shape index (κ3) is 3.99. The van der Waals surface area contributed by atoms with E-state index in [2.05, 4.69) is 35.9 Å². The maximum absolute atomic E-state index is 13.0. The van der Waals surface area contributed by atoms with Crippen LogP contribution in [-0.4, -0.2) is 47.3 Å². The normalized spacial score (nSPS) is 20.0. The van der Waals surface area contributed by atoms with Crippen LogP contribution in [0.25, 0.3) is 10.9 Å². The lowest BCUT2D eigenvalue weighted by Crippen LogP contribution is -2.41. The number of aromatic nitrogens is 1. The van der Waals surface area contributed by atoms with Crippen LogP contribution in [-0.2, 0) is 6.42 Å². The smallest absolute Gasteiger partial charge is 0.335 e. The zero-order valence-corrected chi connectivity index (χ0v) is 17.6. The van der Waals surface area contributed by atoms with Crippen LogP contribution in [0.3, 0.4) is 0 Å². The van der Waals surface area contributed by atoms with Crippen molar-refractivity contribution in [3.8, 4) is 0 Å². The van der Waals surface area contributed by atoms with Gasteiger partial charge in [-0.2, -0.15) is 0 Å². The van der Waals surface area contributed by atoms with Gasteiger partial charge in [0.15, 0.2) is 0 Å². The number of carboxylic acid groups (broad SMARTS) is 1. The molecule has 5 heteroatoms. The van der Waals surface area contributed by atoms with Gasteiger partial charge in [-0.1, -0.05) is 18.2 Å². The van der Waals surface area contributed by atoms with E-state index in [1.807, 2.05) is 18.3 Å². The van der Waals surface area contributed by atoms with Crippen LogP contribution < -0.4 is 0 Å². The summed E-state index contributed by atoms with van der Waals surface area (Å²) >= 11 is 0. The average Bonchev–Trinajstić information content (AvgIpc) is 3.22. The molecule has 0 spiro atoms. The molecule has 4 rings (SSSR count). The molecule has 1 fully saturated rings. The molecule has 0 amide bonds. The number of piperidine rings is 1. The largest absolute Gasteiger partial charge is 0.478 e. The fourth-order valence-electron chi connectivity index (χ4n) is 5.06. The summed E-state index contributed by atoms with van der Waals surface area (Å²) in [5.74, 6) is -0.232. The first-order valence-electron chi connectivity index (χ1n) is 10.7. The molecular weight excluding hydrogens is 379 g/mol. The van der Waals surface area contributed by atoms with E-state index in [-0.39, 0.29) is 12.6 Å². The van der Waals surface area contributed by atoms with Crippen LogP contribution in [0.4, 0.5) is 4.39 Å². The lowest BCUT2D eigenvalue weighted by atomic mass is 9.76. The van der Waals surface area contributed by atoms with Gasteiger partial charge < -0.3 is 15.0 Å². The molecule has 2 heterocycles. The number of carbonyl (C=O) groups is 1. The van der Waals surface area contributed by atoms with E-state index >= 15 is 0 Å². The van der Waals surface area contributed by atoms with Crippen molar-refractivity contribution >= 4 is 16.9 Å². The molecule has 1 aromatic heterocycles. The first-order chi connectivity index (χ1) is 14.5. The number of H-pyrrole nitrogens is 1. The Morgan fingerprint density at radius 2 is 1.97 bits per heavy atom. The Morgan fingerprint density at radius 1 is 1.20 bits per heavy atom. The number of nitrogens with one attached hydrogen (secondary N) is 1. The molecule has 0 radical (unpaired) electrons. The molecule has 158 valence electrons. The molecule has 2 aromatic carbocycles. The second-order valence-corrected chi connectivity index (χ2v) is 8.53. The molecule has 4 nitrogen and oxygen atoms in total. The second-order valence-electron chi connectivity index (χ2n) is 8.53. The van der Waals surface area contributed by atoms with Gasteiger partial charge in [-0.05, 0) is 85.5 Å².